The molecule has 2 heterocycles. The fraction of sp³-hybridized carbons (Fsp3) is 0.409. The summed E-state index contributed by atoms with van der Waals surface area (Å²) in [5, 5.41) is 9.73. The third kappa shape index (κ3) is 5.18. The average molecular weight is 462 g/mol. The summed E-state index contributed by atoms with van der Waals surface area (Å²) in [4.78, 5) is 30.1. The first kappa shape index (κ1) is 23.5. The molecular weight excluding hydrogens is 434 g/mol. The van der Waals surface area contributed by atoms with E-state index in [2.05, 4.69) is 9.71 Å². The molecule has 1 aliphatic rings. The van der Waals surface area contributed by atoms with Crippen LogP contribution in [0.1, 0.15) is 41.3 Å². The lowest BCUT2D eigenvalue weighted by molar-refractivity contribution is -0.148. The van der Waals surface area contributed by atoms with Crippen molar-refractivity contribution in [2.75, 3.05) is 29.3 Å². The summed E-state index contributed by atoms with van der Waals surface area (Å²) in [5.41, 5.74) is 1.42. The molecule has 1 aromatic carbocycles. The number of rotatable bonds is 7. The second-order valence-corrected chi connectivity index (χ2v) is 9.46. The largest absolute Gasteiger partial charge is 0.478 e. The van der Waals surface area contributed by atoms with Crippen LogP contribution in [0.25, 0.3) is 0 Å². The number of carboxylic acids is 1. The summed E-state index contributed by atoms with van der Waals surface area (Å²) < 4.78 is 33.2. The molecule has 9 nitrogen and oxygen atoms in total. The number of hydrogen-bond donors (Lipinski definition) is 2. The van der Waals surface area contributed by atoms with Crippen LogP contribution in [0.2, 0.25) is 0 Å². The Morgan fingerprint density at radius 3 is 2.69 bits per heavy atom. The zero-order chi connectivity index (χ0) is 23.5. The fourth-order valence-electron chi connectivity index (χ4n) is 3.86. The summed E-state index contributed by atoms with van der Waals surface area (Å²) in [5.74, 6) is -1.72. The first-order valence-electron chi connectivity index (χ1n) is 10.4. The number of sulfonamides is 1. The van der Waals surface area contributed by atoms with E-state index in [4.69, 9.17) is 4.74 Å². The number of nitrogens with zero attached hydrogens (tertiary/aromatic N) is 2. The van der Waals surface area contributed by atoms with Gasteiger partial charge in [0.2, 0.25) is 0 Å². The van der Waals surface area contributed by atoms with Gasteiger partial charge in [0, 0.05) is 13.1 Å². The van der Waals surface area contributed by atoms with Gasteiger partial charge in [-0.15, -0.1) is 0 Å². The lowest BCUT2D eigenvalue weighted by Crippen LogP contribution is -2.40. The van der Waals surface area contributed by atoms with Crippen molar-refractivity contribution in [1.82, 2.24) is 4.98 Å². The summed E-state index contributed by atoms with van der Waals surface area (Å²) in [7, 11) is -3.92. The summed E-state index contributed by atoms with van der Waals surface area (Å²) in [6.07, 6.45) is 2.63. The zero-order valence-corrected chi connectivity index (χ0v) is 19.1. The first-order chi connectivity index (χ1) is 15.1. The Morgan fingerprint density at radius 2 is 2.03 bits per heavy atom. The second-order valence-electron chi connectivity index (χ2n) is 7.81. The molecule has 1 aromatic heterocycles. The molecule has 0 bridgehead atoms. The topological polar surface area (TPSA) is 126 Å². The number of esters is 1. The van der Waals surface area contributed by atoms with Crippen LogP contribution < -0.4 is 9.62 Å². The third-order valence-electron chi connectivity index (χ3n) is 5.31. The van der Waals surface area contributed by atoms with Gasteiger partial charge in [-0.1, -0.05) is 17.7 Å². The van der Waals surface area contributed by atoms with Gasteiger partial charge < -0.3 is 14.7 Å². The number of benzene rings is 1. The minimum absolute atomic E-state index is 0.0464. The molecule has 0 saturated carbocycles. The Kier molecular flexibility index (Phi) is 7.02. The molecule has 1 atom stereocenters. The van der Waals surface area contributed by atoms with E-state index in [0.717, 1.165) is 5.56 Å². The highest BCUT2D eigenvalue weighted by molar-refractivity contribution is 7.92. The number of hydrogen-bond acceptors (Lipinski definition) is 7. The van der Waals surface area contributed by atoms with Gasteiger partial charge in [-0.3, -0.25) is 9.52 Å². The molecule has 32 heavy (non-hydrogen) atoms. The highest BCUT2D eigenvalue weighted by Crippen LogP contribution is 2.28. The highest BCUT2D eigenvalue weighted by Gasteiger charge is 2.30. The minimum atomic E-state index is -3.92. The van der Waals surface area contributed by atoms with Crippen LogP contribution in [0.15, 0.2) is 35.4 Å². The van der Waals surface area contributed by atoms with Crippen molar-refractivity contribution in [3.8, 4) is 0 Å². The van der Waals surface area contributed by atoms with Gasteiger partial charge in [-0.05, 0) is 51.3 Å². The second kappa shape index (κ2) is 9.56. The Hall–Kier alpha value is -3.14. The van der Waals surface area contributed by atoms with Crippen molar-refractivity contribution in [3.05, 3.63) is 47.2 Å². The van der Waals surface area contributed by atoms with Gasteiger partial charge in [-0.2, -0.15) is 0 Å². The van der Waals surface area contributed by atoms with Gasteiger partial charge in [0.05, 0.1) is 29.3 Å². The summed E-state index contributed by atoms with van der Waals surface area (Å²) >= 11 is 0. The minimum Gasteiger partial charge on any atom is -0.478 e. The molecule has 2 N–H and O–H groups in total. The van der Waals surface area contributed by atoms with Crippen LogP contribution in [0, 0.1) is 19.8 Å². The lowest BCUT2D eigenvalue weighted by Gasteiger charge is -2.33. The van der Waals surface area contributed by atoms with Gasteiger partial charge in [0.25, 0.3) is 10.0 Å². The fourth-order valence-corrected chi connectivity index (χ4v) is 5.12. The van der Waals surface area contributed by atoms with Crippen LogP contribution in [-0.4, -0.2) is 50.1 Å². The predicted molar refractivity (Wildman–Crippen MR) is 119 cm³/mol. The Bertz CT molecular complexity index is 1130. The number of nitrogens with one attached hydrogen (secondary N) is 1. The van der Waals surface area contributed by atoms with E-state index in [9.17, 15) is 23.1 Å². The number of carbonyl (C=O) groups is 2. The molecule has 0 spiro atoms. The number of piperidine rings is 1. The molecular formula is C22H27N3O6S. The average Bonchev–Trinajstić information content (AvgIpc) is 2.73. The van der Waals surface area contributed by atoms with E-state index in [-0.39, 0.29) is 40.5 Å². The van der Waals surface area contributed by atoms with Gasteiger partial charge >= 0.3 is 11.9 Å². The van der Waals surface area contributed by atoms with Crippen molar-refractivity contribution >= 4 is 33.5 Å². The molecule has 3 rings (SSSR count). The molecule has 0 amide bonds. The maximum absolute atomic E-state index is 12.8. The highest BCUT2D eigenvalue weighted by atomic mass is 32.2. The molecule has 0 radical (unpaired) electrons. The van der Waals surface area contributed by atoms with Crippen molar-refractivity contribution in [3.63, 3.8) is 0 Å². The Labute approximate surface area is 187 Å². The maximum Gasteiger partial charge on any atom is 0.339 e. The van der Waals surface area contributed by atoms with Crippen molar-refractivity contribution in [2.24, 2.45) is 5.92 Å². The predicted octanol–water partition coefficient (Wildman–Crippen LogP) is 2.98. The van der Waals surface area contributed by atoms with Gasteiger partial charge in [0.15, 0.2) is 0 Å². The third-order valence-corrected chi connectivity index (χ3v) is 6.85. The number of carboxylic acid groups (broad SMARTS) is 1. The Morgan fingerprint density at radius 1 is 1.28 bits per heavy atom. The molecule has 2 aromatic rings. The normalized spacial score (nSPS) is 16.5. The summed E-state index contributed by atoms with van der Waals surface area (Å²) in [6, 6.07) is 6.21. The van der Waals surface area contributed by atoms with E-state index in [1.165, 1.54) is 18.3 Å². The number of pyridine rings is 1. The van der Waals surface area contributed by atoms with Crippen molar-refractivity contribution < 1.29 is 27.9 Å². The number of aromatic carboxylic acids is 1. The van der Waals surface area contributed by atoms with Crippen molar-refractivity contribution in [2.45, 2.75) is 38.5 Å². The van der Waals surface area contributed by atoms with Crippen LogP contribution in [0.4, 0.5) is 11.5 Å². The van der Waals surface area contributed by atoms with E-state index in [1.807, 2.05) is 6.92 Å². The maximum atomic E-state index is 12.8. The molecule has 0 unspecified atom stereocenters. The molecule has 1 saturated heterocycles. The molecule has 172 valence electrons. The standard InChI is InChI=1S/C22H27N3O6S/c1-4-31-22(28)16-6-5-9-25(13-16)20-18(21(26)27)11-17(12-23-20)24-32(29,30)19-8-7-14(2)10-15(19)3/h7-8,10-12,16,24H,4-6,9,13H2,1-3H3,(H,26,27)/t16-/m0/s1. The van der Waals surface area contributed by atoms with E-state index < -0.39 is 16.0 Å². The van der Waals surface area contributed by atoms with E-state index in [1.54, 1.807) is 30.9 Å². The van der Waals surface area contributed by atoms with Crippen LogP contribution in [-0.2, 0) is 19.6 Å². The van der Waals surface area contributed by atoms with Gasteiger partial charge in [0.1, 0.15) is 11.4 Å². The van der Waals surface area contributed by atoms with E-state index >= 15 is 0 Å². The van der Waals surface area contributed by atoms with Crippen molar-refractivity contribution in [1.29, 1.82) is 0 Å². The van der Waals surface area contributed by atoms with Crippen LogP contribution >= 0.6 is 0 Å². The Balaban J connectivity index is 1.88. The molecule has 1 aliphatic heterocycles. The smallest absolute Gasteiger partial charge is 0.339 e. The monoisotopic (exact) mass is 461 g/mol. The lowest BCUT2D eigenvalue weighted by atomic mass is 9.98. The number of anilines is 2. The summed E-state index contributed by atoms with van der Waals surface area (Å²) in [6.45, 7) is 6.41. The number of aromatic nitrogens is 1. The van der Waals surface area contributed by atoms with Crippen LogP contribution in [0.3, 0.4) is 0 Å². The zero-order valence-electron chi connectivity index (χ0n) is 18.3. The first-order valence-corrected chi connectivity index (χ1v) is 11.9. The number of carbonyl (C=O) groups excluding carboxylic acids is 1. The van der Waals surface area contributed by atoms with Crippen LogP contribution in [0.5, 0.6) is 0 Å². The van der Waals surface area contributed by atoms with E-state index in [0.29, 0.717) is 31.5 Å². The SMILES string of the molecule is CCOC(=O)[C@H]1CCCN(c2ncc(NS(=O)(=O)c3ccc(C)cc3C)cc2C(=O)O)C1. The number of aryl methyl sites for hydroxylation is 2. The van der Waals surface area contributed by atoms with Gasteiger partial charge in [-0.25, -0.2) is 18.2 Å². The quantitative estimate of drug-likeness (QED) is 0.603. The number of ether oxygens (including phenoxy) is 1. The molecule has 1 fully saturated rings. The molecule has 0 aliphatic carbocycles. The molecule has 10 heteroatoms.